The molecule has 2 rings (SSSR count). The van der Waals surface area contributed by atoms with E-state index in [-0.39, 0.29) is 36.1 Å². The van der Waals surface area contributed by atoms with Gasteiger partial charge in [-0.15, -0.1) is 24.0 Å². The topological polar surface area (TPSA) is 86.2 Å². The first-order chi connectivity index (χ1) is 12.4. The summed E-state index contributed by atoms with van der Waals surface area (Å²) in [5.41, 5.74) is 2.79. The zero-order valence-corrected chi connectivity index (χ0v) is 18.9. The van der Waals surface area contributed by atoms with Crippen molar-refractivity contribution in [3.8, 4) is 5.75 Å². The molecule has 0 radical (unpaired) electrons. The molecule has 0 unspecified atom stereocenters. The fraction of sp³-hybridized carbons (Fsp3) is 0.579. The molecule has 0 saturated carbocycles. The second-order valence-electron chi connectivity index (χ2n) is 6.65. The van der Waals surface area contributed by atoms with Gasteiger partial charge < -0.3 is 25.4 Å². The number of piperidine rings is 1. The van der Waals surface area contributed by atoms with Crippen molar-refractivity contribution in [2.45, 2.75) is 46.2 Å². The average Bonchev–Trinajstić information content (AvgIpc) is 2.64. The van der Waals surface area contributed by atoms with Crippen molar-refractivity contribution in [1.82, 2.24) is 15.5 Å². The molecule has 0 aromatic heterocycles. The molecule has 1 aliphatic rings. The van der Waals surface area contributed by atoms with Gasteiger partial charge in [-0.05, 0) is 50.3 Å². The molecule has 1 heterocycles. The maximum atomic E-state index is 11.6. The van der Waals surface area contributed by atoms with Crippen LogP contribution in [0.15, 0.2) is 17.1 Å². The van der Waals surface area contributed by atoms with Gasteiger partial charge in [0.1, 0.15) is 5.75 Å². The van der Waals surface area contributed by atoms with Crippen LogP contribution in [0, 0.1) is 13.8 Å². The first-order valence-corrected chi connectivity index (χ1v) is 9.11. The van der Waals surface area contributed by atoms with E-state index < -0.39 is 0 Å². The van der Waals surface area contributed by atoms with E-state index in [4.69, 9.17) is 4.74 Å². The van der Waals surface area contributed by atoms with Crippen molar-refractivity contribution in [2.24, 2.45) is 4.99 Å². The van der Waals surface area contributed by atoms with Gasteiger partial charge in [-0.2, -0.15) is 0 Å². The number of halogens is 1. The smallest absolute Gasteiger partial charge is 0.409 e. The molecule has 1 aromatic rings. The molecule has 3 N–H and O–H groups in total. The van der Waals surface area contributed by atoms with Crippen LogP contribution >= 0.6 is 24.0 Å². The third-order valence-corrected chi connectivity index (χ3v) is 4.58. The first-order valence-electron chi connectivity index (χ1n) is 9.11. The van der Waals surface area contributed by atoms with Gasteiger partial charge in [0.25, 0.3) is 0 Å². The number of nitrogens with one attached hydrogen (secondary N) is 2. The second kappa shape index (κ2) is 11.2. The molecule has 1 aromatic carbocycles. The van der Waals surface area contributed by atoms with Crippen LogP contribution in [-0.2, 0) is 11.3 Å². The summed E-state index contributed by atoms with van der Waals surface area (Å²) >= 11 is 0. The summed E-state index contributed by atoms with van der Waals surface area (Å²) in [5.74, 6) is 1.12. The molecule has 27 heavy (non-hydrogen) atoms. The third-order valence-electron chi connectivity index (χ3n) is 4.58. The van der Waals surface area contributed by atoms with Crippen molar-refractivity contribution in [3.63, 3.8) is 0 Å². The second-order valence-corrected chi connectivity index (χ2v) is 6.65. The van der Waals surface area contributed by atoms with E-state index >= 15 is 0 Å². The fourth-order valence-electron chi connectivity index (χ4n) is 3.16. The lowest BCUT2D eigenvalue weighted by atomic mass is 10.1. The molecule has 152 valence electrons. The van der Waals surface area contributed by atoms with E-state index in [2.05, 4.69) is 15.6 Å². The predicted molar refractivity (Wildman–Crippen MR) is 118 cm³/mol. The number of carbonyl (C=O) groups excluding carboxylic acids is 1. The maximum Gasteiger partial charge on any atom is 0.409 e. The molecule has 1 saturated heterocycles. The third kappa shape index (κ3) is 6.75. The van der Waals surface area contributed by atoms with Crippen LogP contribution in [0.2, 0.25) is 0 Å². The van der Waals surface area contributed by atoms with Crippen LogP contribution in [0.1, 0.15) is 36.5 Å². The Hall–Kier alpha value is -1.71. The molecular formula is C19H31IN4O3. The number of aliphatic imine (C=N–C) groups is 1. The lowest BCUT2D eigenvalue weighted by Crippen LogP contribution is -2.49. The van der Waals surface area contributed by atoms with Crippen LogP contribution < -0.4 is 10.6 Å². The number of benzene rings is 1. The van der Waals surface area contributed by atoms with Crippen molar-refractivity contribution in [1.29, 1.82) is 0 Å². The number of phenolic OH excluding ortho intramolecular Hbond substituents is 1. The SMILES string of the molecule is CCNC(=NCc1cc(C)c(O)c(C)c1)NC1CCN(C(=O)OC)CC1.I. The standard InChI is InChI=1S/C19H30N4O3.HI/c1-5-20-18(21-12-15-10-13(2)17(24)14(3)11-15)22-16-6-8-23(9-7-16)19(25)26-4;/h10-11,16,24H,5-9,12H2,1-4H3,(H2,20,21,22);1H. The number of carbonyl (C=O) groups is 1. The highest BCUT2D eigenvalue weighted by molar-refractivity contribution is 14.0. The zero-order valence-electron chi connectivity index (χ0n) is 16.5. The van der Waals surface area contributed by atoms with Crippen molar-refractivity contribution < 1.29 is 14.6 Å². The highest BCUT2D eigenvalue weighted by atomic mass is 127. The Labute approximate surface area is 178 Å². The van der Waals surface area contributed by atoms with Gasteiger partial charge in [0.15, 0.2) is 5.96 Å². The summed E-state index contributed by atoms with van der Waals surface area (Å²) in [6, 6.07) is 4.20. The molecule has 7 nitrogen and oxygen atoms in total. The highest BCUT2D eigenvalue weighted by Crippen LogP contribution is 2.23. The van der Waals surface area contributed by atoms with Crippen LogP contribution in [0.4, 0.5) is 4.79 Å². The average molecular weight is 490 g/mol. The summed E-state index contributed by atoms with van der Waals surface area (Å²) in [6.07, 6.45) is 1.45. The van der Waals surface area contributed by atoms with Gasteiger partial charge in [0.05, 0.1) is 13.7 Å². The Kier molecular flexibility index (Phi) is 9.68. The Morgan fingerprint density at radius 1 is 1.30 bits per heavy atom. The predicted octanol–water partition coefficient (Wildman–Crippen LogP) is 2.91. The summed E-state index contributed by atoms with van der Waals surface area (Å²) < 4.78 is 4.77. The normalized spacial score (nSPS) is 15.1. The lowest BCUT2D eigenvalue weighted by molar-refractivity contribution is 0.111. The Morgan fingerprint density at radius 3 is 2.41 bits per heavy atom. The monoisotopic (exact) mass is 490 g/mol. The van der Waals surface area contributed by atoms with Crippen molar-refractivity contribution >= 4 is 36.0 Å². The number of nitrogens with zero attached hydrogens (tertiary/aromatic N) is 2. The van der Waals surface area contributed by atoms with E-state index in [1.54, 1.807) is 4.90 Å². The number of aryl methyl sites for hydroxylation is 2. The van der Waals surface area contributed by atoms with Crippen LogP contribution in [0.25, 0.3) is 0 Å². The van der Waals surface area contributed by atoms with E-state index in [1.807, 2.05) is 32.9 Å². The van der Waals surface area contributed by atoms with Gasteiger partial charge in [-0.3, -0.25) is 0 Å². The summed E-state index contributed by atoms with van der Waals surface area (Å²) in [6.45, 7) is 8.51. The quantitative estimate of drug-likeness (QED) is 0.344. The Balaban J connectivity index is 0.00000364. The minimum atomic E-state index is -0.262. The lowest BCUT2D eigenvalue weighted by Gasteiger charge is -2.32. The molecule has 0 spiro atoms. The van der Waals surface area contributed by atoms with Crippen LogP contribution in [0.3, 0.4) is 0 Å². The molecule has 1 aliphatic heterocycles. The molecule has 1 amide bonds. The molecule has 0 aliphatic carbocycles. The number of phenols is 1. The summed E-state index contributed by atoms with van der Waals surface area (Å²) in [4.78, 5) is 18.0. The number of guanidine groups is 1. The van der Waals surface area contributed by atoms with Crippen molar-refractivity contribution in [2.75, 3.05) is 26.7 Å². The number of hydrogen-bond acceptors (Lipinski definition) is 4. The number of amides is 1. The number of rotatable bonds is 4. The number of ether oxygens (including phenoxy) is 1. The molecule has 0 bridgehead atoms. The molecule has 1 fully saturated rings. The van der Waals surface area contributed by atoms with Gasteiger partial charge in [0, 0.05) is 25.7 Å². The minimum Gasteiger partial charge on any atom is -0.507 e. The highest BCUT2D eigenvalue weighted by Gasteiger charge is 2.23. The van der Waals surface area contributed by atoms with E-state index in [1.165, 1.54) is 7.11 Å². The number of aromatic hydroxyl groups is 1. The number of hydrogen-bond donors (Lipinski definition) is 3. The largest absolute Gasteiger partial charge is 0.507 e. The Morgan fingerprint density at radius 2 is 1.89 bits per heavy atom. The summed E-state index contributed by atoms with van der Waals surface area (Å²) in [7, 11) is 1.41. The van der Waals surface area contributed by atoms with E-state index in [9.17, 15) is 9.90 Å². The molecule has 8 heteroatoms. The van der Waals surface area contributed by atoms with Gasteiger partial charge >= 0.3 is 6.09 Å². The zero-order chi connectivity index (χ0) is 19.1. The van der Waals surface area contributed by atoms with Crippen LogP contribution in [0.5, 0.6) is 5.75 Å². The Bertz CT molecular complexity index is 635. The van der Waals surface area contributed by atoms with Gasteiger partial charge in [-0.1, -0.05) is 12.1 Å². The van der Waals surface area contributed by atoms with Crippen molar-refractivity contribution in [3.05, 3.63) is 28.8 Å². The van der Waals surface area contributed by atoms with E-state index in [0.717, 1.165) is 42.0 Å². The maximum absolute atomic E-state index is 11.6. The number of methoxy groups -OCH3 is 1. The number of likely N-dealkylation sites (tertiary alicyclic amines) is 1. The fourth-order valence-corrected chi connectivity index (χ4v) is 3.16. The minimum absolute atomic E-state index is 0. The van der Waals surface area contributed by atoms with Gasteiger partial charge in [-0.25, -0.2) is 9.79 Å². The van der Waals surface area contributed by atoms with Crippen LogP contribution in [-0.4, -0.2) is 54.8 Å². The van der Waals surface area contributed by atoms with Gasteiger partial charge in [0.2, 0.25) is 0 Å². The molecule has 0 atom stereocenters. The van der Waals surface area contributed by atoms with E-state index in [0.29, 0.717) is 25.4 Å². The first kappa shape index (κ1) is 23.3. The molecular weight excluding hydrogens is 459 g/mol. The summed E-state index contributed by atoms with van der Waals surface area (Å²) in [5, 5.41) is 16.6.